The molecule has 4 aromatic rings. The van der Waals surface area contributed by atoms with Crippen molar-refractivity contribution in [3.8, 4) is 11.1 Å². The smallest absolute Gasteiger partial charge is 0.241 e. The maximum absolute atomic E-state index is 12.5. The quantitative estimate of drug-likeness (QED) is 0.466. The highest BCUT2D eigenvalue weighted by Crippen LogP contribution is 2.30. The van der Waals surface area contributed by atoms with Gasteiger partial charge in [0.15, 0.2) is 5.65 Å². The van der Waals surface area contributed by atoms with Crippen LogP contribution in [0.1, 0.15) is 29.1 Å². The Morgan fingerprint density at radius 2 is 1.87 bits per heavy atom. The average molecular weight is 417 g/mol. The summed E-state index contributed by atoms with van der Waals surface area (Å²) in [7, 11) is 0. The van der Waals surface area contributed by atoms with E-state index in [2.05, 4.69) is 57.8 Å². The Bertz CT molecular complexity index is 1240. The number of aryl methyl sites for hydroxylation is 5. The molecule has 0 aliphatic heterocycles. The number of nitrogens with zero attached hydrogens (tertiary/aromatic N) is 5. The van der Waals surface area contributed by atoms with Gasteiger partial charge >= 0.3 is 0 Å². The van der Waals surface area contributed by atoms with Crippen molar-refractivity contribution in [2.24, 2.45) is 0 Å². The lowest BCUT2D eigenvalue weighted by Crippen LogP contribution is -2.29. The van der Waals surface area contributed by atoms with E-state index in [9.17, 15) is 4.79 Å². The molecule has 0 saturated carbocycles. The van der Waals surface area contributed by atoms with Crippen LogP contribution in [0.4, 0.5) is 0 Å². The van der Waals surface area contributed by atoms with Crippen molar-refractivity contribution in [1.29, 1.82) is 0 Å². The second-order valence-electron chi connectivity index (χ2n) is 8.02. The topological polar surface area (TPSA) is 77.6 Å². The fraction of sp³-hybridized carbons (Fsp3) is 0.333. The number of benzene rings is 1. The monoisotopic (exact) mass is 416 g/mol. The van der Waals surface area contributed by atoms with Crippen LogP contribution in [0.5, 0.6) is 0 Å². The molecule has 3 aromatic heterocycles. The van der Waals surface area contributed by atoms with Crippen molar-refractivity contribution in [2.75, 3.05) is 6.54 Å². The van der Waals surface area contributed by atoms with E-state index in [4.69, 9.17) is 0 Å². The Balaban J connectivity index is 1.44. The lowest BCUT2D eigenvalue weighted by atomic mass is 10.0. The molecule has 0 atom stereocenters. The number of hydrogen-bond acceptors (Lipinski definition) is 4. The highest BCUT2D eigenvalue weighted by molar-refractivity contribution is 5.95. The van der Waals surface area contributed by atoms with Crippen LogP contribution in [-0.4, -0.2) is 37.0 Å². The minimum absolute atomic E-state index is 0.0690. The zero-order valence-electron chi connectivity index (χ0n) is 18.5. The molecule has 0 bridgehead atoms. The number of aromatic nitrogens is 5. The van der Waals surface area contributed by atoms with Crippen LogP contribution in [0.3, 0.4) is 0 Å². The van der Waals surface area contributed by atoms with Crippen molar-refractivity contribution in [2.45, 2.75) is 47.2 Å². The highest BCUT2D eigenvalue weighted by atomic mass is 16.2. The molecule has 4 rings (SSSR count). The molecule has 0 unspecified atom stereocenters. The Morgan fingerprint density at radius 1 is 1.03 bits per heavy atom. The summed E-state index contributed by atoms with van der Waals surface area (Å²) in [5.41, 5.74) is 7.17. The second-order valence-corrected chi connectivity index (χ2v) is 8.02. The van der Waals surface area contributed by atoms with Gasteiger partial charge < -0.3 is 5.32 Å². The summed E-state index contributed by atoms with van der Waals surface area (Å²) in [6.45, 7) is 9.60. The molecular weight excluding hydrogens is 388 g/mol. The van der Waals surface area contributed by atoms with Gasteiger partial charge in [-0.25, -0.2) is 9.67 Å². The second kappa shape index (κ2) is 8.71. The molecule has 31 heavy (non-hydrogen) atoms. The van der Waals surface area contributed by atoms with Gasteiger partial charge in [-0.3, -0.25) is 9.48 Å². The normalized spacial score (nSPS) is 11.2. The molecule has 0 radical (unpaired) electrons. The first-order valence-corrected chi connectivity index (χ1v) is 10.6. The number of pyridine rings is 1. The van der Waals surface area contributed by atoms with E-state index in [1.807, 2.05) is 31.5 Å². The maximum Gasteiger partial charge on any atom is 0.241 e. The molecular formula is C24H28N6O. The fourth-order valence-corrected chi connectivity index (χ4v) is 3.99. The van der Waals surface area contributed by atoms with E-state index in [0.717, 1.165) is 52.2 Å². The molecule has 160 valence electrons. The SMILES string of the molecule is Cc1cccc(-c2ccnc3c2c(C)nn3CC(=O)NCCCn2nc(C)cc2C)c1. The molecule has 1 N–H and O–H groups in total. The van der Waals surface area contributed by atoms with Crippen LogP contribution in [0.25, 0.3) is 22.2 Å². The van der Waals surface area contributed by atoms with Gasteiger partial charge in [-0.15, -0.1) is 0 Å². The number of amides is 1. The predicted octanol–water partition coefficient (Wildman–Crippen LogP) is 3.73. The first kappa shape index (κ1) is 20.8. The van der Waals surface area contributed by atoms with Crippen LogP contribution >= 0.6 is 0 Å². The van der Waals surface area contributed by atoms with Gasteiger partial charge in [-0.05, 0) is 57.4 Å². The van der Waals surface area contributed by atoms with E-state index >= 15 is 0 Å². The van der Waals surface area contributed by atoms with Gasteiger partial charge in [0.1, 0.15) is 6.54 Å². The summed E-state index contributed by atoms with van der Waals surface area (Å²) in [6, 6.07) is 12.4. The van der Waals surface area contributed by atoms with E-state index in [-0.39, 0.29) is 12.5 Å². The zero-order valence-corrected chi connectivity index (χ0v) is 18.5. The molecule has 0 fully saturated rings. The number of nitrogens with one attached hydrogen (secondary N) is 1. The first-order chi connectivity index (χ1) is 14.9. The third-order valence-corrected chi connectivity index (χ3v) is 5.40. The van der Waals surface area contributed by atoms with Gasteiger partial charge in [0, 0.05) is 30.4 Å². The minimum atomic E-state index is -0.0690. The minimum Gasteiger partial charge on any atom is -0.354 e. The summed E-state index contributed by atoms with van der Waals surface area (Å²) in [5, 5.41) is 13.0. The third-order valence-electron chi connectivity index (χ3n) is 5.40. The number of carbonyl (C=O) groups excluding carboxylic acids is 1. The van der Waals surface area contributed by atoms with Gasteiger partial charge in [0.25, 0.3) is 0 Å². The van der Waals surface area contributed by atoms with E-state index < -0.39 is 0 Å². The molecule has 0 spiro atoms. The van der Waals surface area contributed by atoms with Crippen molar-refractivity contribution in [3.05, 3.63) is 65.2 Å². The highest BCUT2D eigenvalue weighted by Gasteiger charge is 2.16. The predicted molar refractivity (Wildman–Crippen MR) is 122 cm³/mol. The lowest BCUT2D eigenvalue weighted by Gasteiger charge is -2.08. The summed E-state index contributed by atoms with van der Waals surface area (Å²) in [5.74, 6) is -0.0690. The van der Waals surface area contributed by atoms with Crippen molar-refractivity contribution in [3.63, 3.8) is 0 Å². The van der Waals surface area contributed by atoms with Crippen LogP contribution < -0.4 is 5.32 Å². The molecule has 3 heterocycles. The summed E-state index contributed by atoms with van der Waals surface area (Å²) < 4.78 is 3.67. The molecule has 7 heteroatoms. The molecule has 7 nitrogen and oxygen atoms in total. The Hall–Kier alpha value is -3.48. The summed E-state index contributed by atoms with van der Waals surface area (Å²) in [4.78, 5) is 17.0. The number of fused-ring (bicyclic) bond motifs is 1. The van der Waals surface area contributed by atoms with Crippen LogP contribution in [0, 0.1) is 27.7 Å². The lowest BCUT2D eigenvalue weighted by molar-refractivity contribution is -0.121. The number of carbonyl (C=O) groups is 1. The van der Waals surface area contributed by atoms with Gasteiger partial charge in [-0.2, -0.15) is 10.2 Å². The largest absolute Gasteiger partial charge is 0.354 e. The van der Waals surface area contributed by atoms with E-state index in [0.29, 0.717) is 6.54 Å². The van der Waals surface area contributed by atoms with Gasteiger partial charge in [0.2, 0.25) is 5.91 Å². The first-order valence-electron chi connectivity index (χ1n) is 10.6. The molecule has 0 aliphatic carbocycles. The van der Waals surface area contributed by atoms with Crippen LogP contribution in [0.15, 0.2) is 42.6 Å². The maximum atomic E-state index is 12.5. The molecule has 0 saturated heterocycles. The van der Waals surface area contributed by atoms with Crippen LogP contribution in [-0.2, 0) is 17.9 Å². The standard InChI is InChI=1S/C24H28N6O/c1-16-7-5-8-20(13-16)21-9-11-26-24-23(21)19(4)28-30(24)15-22(31)25-10-6-12-29-18(3)14-17(2)27-29/h5,7-9,11,13-14H,6,10,12,15H2,1-4H3,(H,25,31). The van der Waals surface area contributed by atoms with Crippen molar-refractivity contribution in [1.82, 2.24) is 29.9 Å². The van der Waals surface area contributed by atoms with Gasteiger partial charge in [-0.1, -0.05) is 29.8 Å². The number of hydrogen-bond donors (Lipinski definition) is 1. The van der Waals surface area contributed by atoms with E-state index in [1.165, 1.54) is 5.56 Å². The molecule has 0 aliphatic rings. The Labute approximate surface area is 182 Å². The van der Waals surface area contributed by atoms with Crippen molar-refractivity contribution < 1.29 is 4.79 Å². The summed E-state index contributed by atoms with van der Waals surface area (Å²) >= 11 is 0. The Kier molecular flexibility index (Phi) is 5.84. The summed E-state index contributed by atoms with van der Waals surface area (Å²) in [6.07, 6.45) is 2.60. The van der Waals surface area contributed by atoms with Crippen LogP contribution in [0.2, 0.25) is 0 Å². The molecule has 1 aromatic carbocycles. The van der Waals surface area contributed by atoms with Crippen molar-refractivity contribution >= 4 is 16.9 Å². The third kappa shape index (κ3) is 4.50. The molecule has 1 amide bonds. The zero-order chi connectivity index (χ0) is 22.0. The number of rotatable bonds is 7. The average Bonchev–Trinajstić information content (AvgIpc) is 3.23. The van der Waals surface area contributed by atoms with Gasteiger partial charge in [0.05, 0.1) is 11.4 Å². The fourth-order valence-electron chi connectivity index (χ4n) is 3.99. The Morgan fingerprint density at radius 3 is 2.61 bits per heavy atom. The van der Waals surface area contributed by atoms with E-state index in [1.54, 1.807) is 10.9 Å².